The molecule has 0 bridgehead atoms. The molecule has 1 heterocycles. The average Bonchev–Trinajstić information content (AvgIpc) is 3.02. The van der Waals surface area contributed by atoms with Gasteiger partial charge < -0.3 is 14.8 Å². The van der Waals surface area contributed by atoms with E-state index < -0.39 is 0 Å². The van der Waals surface area contributed by atoms with Gasteiger partial charge in [-0.1, -0.05) is 12.1 Å². The second kappa shape index (κ2) is 7.32. The molecule has 7 heteroatoms. The highest BCUT2D eigenvalue weighted by Crippen LogP contribution is 2.34. The molecule has 0 saturated carbocycles. The number of hydrogen-bond acceptors (Lipinski definition) is 5. The average molecular weight is 423 g/mol. The minimum Gasteiger partial charge on any atom is -0.454 e. The van der Waals surface area contributed by atoms with Crippen molar-refractivity contribution in [3.8, 4) is 11.5 Å². The lowest BCUT2D eigenvalue weighted by molar-refractivity contribution is -0.119. The van der Waals surface area contributed by atoms with E-state index in [4.69, 9.17) is 9.47 Å². The Morgan fingerprint density at radius 3 is 2.78 bits per heavy atom. The van der Waals surface area contributed by atoms with Crippen LogP contribution < -0.4 is 20.2 Å². The van der Waals surface area contributed by atoms with Crippen LogP contribution in [0.5, 0.6) is 11.5 Å². The maximum atomic E-state index is 11.7. The van der Waals surface area contributed by atoms with Gasteiger partial charge in [0.05, 0.1) is 12.8 Å². The Morgan fingerprint density at radius 1 is 1.17 bits per heavy atom. The Kier molecular flexibility index (Phi) is 4.96. The highest BCUT2D eigenvalue weighted by Gasteiger charge is 2.13. The molecule has 0 saturated heterocycles. The van der Waals surface area contributed by atoms with Crippen LogP contribution in [0.15, 0.2) is 47.6 Å². The van der Waals surface area contributed by atoms with E-state index in [9.17, 15) is 4.79 Å². The zero-order chi connectivity index (χ0) is 16.1. The summed E-state index contributed by atoms with van der Waals surface area (Å²) in [6.07, 6.45) is 1.61. The zero-order valence-electron chi connectivity index (χ0n) is 12.1. The fraction of sp³-hybridized carbons (Fsp3) is 0.125. The first-order chi connectivity index (χ1) is 11.2. The van der Waals surface area contributed by atoms with Crippen LogP contribution in [0.4, 0.5) is 5.69 Å². The molecule has 3 rings (SSSR count). The molecule has 1 amide bonds. The Morgan fingerprint density at radius 2 is 1.96 bits per heavy atom. The second-order valence-corrected chi connectivity index (χ2v) is 6.01. The predicted molar refractivity (Wildman–Crippen MR) is 96.0 cm³/mol. The van der Waals surface area contributed by atoms with Gasteiger partial charge in [0.15, 0.2) is 11.5 Å². The largest absolute Gasteiger partial charge is 0.454 e. The number of halogens is 1. The van der Waals surface area contributed by atoms with E-state index in [-0.39, 0.29) is 19.2 Å². The van der Waals surface area contributed by atoms with Crippen molar-refractivity contribution >= 4 is 40.4 Å². The summed E-state index contributed by atoms with van der Waals surface area (Å²) in [5.41, 5.74) is 4.19. The molecule has 0 aromatic heterocycles. The Hall–Kier alpha value is -2.29. The second-order valence-electron chi connectivity index (χ2n) is 4.77. The van der Waals surface area contributed by atoms with E-state index in [0.717, 1.165) is 14.8 Å². The van der Waals surface area contributed by atoms with Crippen LogP contribution in [0.1, 0.15) is 5.56 Å². The molecule has 2 aromatic carbocycles. The number of hydrazone groups is 1. The topological polar surface area (TPSA) is 72.0 Å². The molecule has 0 fully saturated rings. The number of benzene rings is 2. The van der Waals surface area contributed by atoms with E-state index in [1.165, 1.54) is 0 Å². The van der Waals surface area contributed by atoms with Crippen molar-refractivity contribution in [3.63, 3.8) is 0 Å². The lowest BCUT2D eigenvalue weighted by atomic mass is 10.2. The monoisotopic (exact) mass is 423 g/mol. The summed E-state index contributed by atoms with van der Waals surface area (Å²) < 4.78 is 11.7. The number of anilines is 1. The van der Waals surface area contributed by atoms with Gasteiger partial charge in [0.1, 0.15) is 0 Å². The molecule has 118 valence electrons. The summed E-state index contributed by atoms with van der Waals surface area (Å²) in [7, 11) is 0. The van der Waals surface area contributed by atoms with Crippen LogP contribution in [-0.2, 0) is 4.79 Å². The molecule has 2 aromatic rings. The van der Waals surface area contributed by atoms with Crippen molar-refractivity contribution < 1.29 is 14.3 Å². The fourth-order valence-electron chi connectivity index (χ4n) is 1.96. The van der Waals surface area contributed by atoms with Crippen LogP contribution in [-0.4, -0.2) is 25.5 Å². The van der Waals surface area contributed by atoms with Crippen molar-refractivity contribution in [1.29, 1.82) is 0 Å². The maximum Gasteiger partial charge on any atom is 0.259 e. The molecule has 0 unspecified atom stereocenters. The van der Waals surface area contributed by atoms with Gasteiger partial charge in [0.2, 0.25) is 6.79 Å². The summed E-state index contributed by atoms with van der Waals surface area (Å²) in [5, 5.41) is 6.94. The number of carbonyl (C=O) groups excluding carboxylic acids is 1. The van der Waals surface area contributed by atoms with Crippen molar-refractivity contribution in [2.24, 2.45) is 5.10 Å². The number of ether oxygens (including phenoxy) is 2. The van der Waals surface area contributed by atoms with Crippen molar-refractivity contribution in [1.82, 2.24) is 5.43 Å². The fourth-order valence-corrected chi connectivity index (χ4v) is 2.32. The standard InChI is InChI=1S/C16H14IN3O3/c17-12-3-1-11(2-4-12)8-19-20-16(21)9-18-13-5-6-14-15(7-13)23-10-22-14/h1-8,18H,9-10H2,(H,20,21)/b19-8-. The Labute approximate surface area is 147 Å². The number of hydrogen-bond donors (Lipinski definition) is 2. The third kappa shape index (κ3) is 4.35. The molecule has 1 aliphatic rings. The van der Waals surface area contributed by atoms with E-state index in [1.807, 2.05) is 30.3 Å². The first kappa shape index (κ1) is 15.6. The number of carbonyl (C=O) groups is 1. The highest BCUT2D eigenvalue weighted by molar-refractivity contribution is 14.1. The van der Waals surface area contributed by atoms with Gasteiger partial charge in [0.25, 0.3) is 5.91 Å². The molecule has 0 atom stereocenters. The number of fused-ring (bicyclic) bond motifs is 1. The molecular formula is C16H14IN3O3. The first-order valence-electron chi connectivity index (χ1n) is 6.92. The Bertz CT molecular complexity index is 732. The number of nitrogens with one attached hydrogen (secondary N) is 2. The van der Waals surface area contributed by atoms with Gasteiger partial charge in [-0.3, -0.25) is 4.79 Å². The normalized spacial score (nSPS) is 12.4. The van der Waals surface area contributed by atoms with E-state index in [1.54, 1.807) is 18.3 Å². The quantitative estimate of drug-likeness (QED) is 0.441. The van der Waals surface area contributed by atoms with Crippen LogP contribution in [0, 0.1) is 3.57 Å². The minimum absolute atomic E-state index is 0.115. The van der Waals surface area contributed by atoms with Crippen LogP contribution >= 0.6 is 22.6 Å². The SMILES string of the molecule is O=C(CNc1ccc2c(c1)OCO2)N/N=C\c1ccc(I)cc1. The van der Waals surface area contributed by atoms with E-state index in [0.29, 0.717) is 11.5 Å². The molecule has 1 aliphatic heterocycles. The van der Waals surface area contributed by atoms with Gasteiger partial charge in [-0.25, -0.2) is 5.43 Å². The van der Waals surface area contributed by atoms with Crippen LogP contribution in [0.3, 0.4) is 0 Å². The third-order valence-corrected chi connectivity index (χ3v) is 3.82. The highest BCUT2D eigenvalue weighted by atomic mass is 127. The summed E-state index contributed by atoms with van der Waals surface area (Å²) in [6, 6.07) is 13.2. The Balaban J connectivity index is 1.47. The number of rotatable bonds is 5. The zero-order valence-corrected chi connectivity index (χ0v) is 14.2. The van der Waals surface area contributed by atoms with Crippen LogP contribution in [0.25, 0.3) is 0 Å². The molecule has 0 aliphatic carbocycles. The van der Waals surface area contributed by atoms with Gasteiger partial charge >= 0.3 is 0 Å². The molecule has 0 spiro atoms. The summed E-state index contributed by atoms with van der Waals surface area (Å²) in [6.45, 7) is 0.343. The molecular weight excluding hydrogens is 409 g/mol. The minimum atomic E-state index is -0.232. The van der Waals surface area contributed by atoms with E-state index >= 15 is 0 Å². The summed E-state index contributed by atoms with van der Waals surface area (Å²) in [5.74, 6) is 1.15. The lowest BCUT2D eigenvalue weighted by Gasteiger charge is -2.06. The van der Waals surface area contributed by atoms with Gasteiger partial charge in [0, 0.05) is 15.3 Å². The van der Waals surface area contributed by atoms with Crippen molar-refractivity contribution in [3.05, 3.63) is 51.6 Å². The molecule has 6 nitrogen and oxygen atoms in total. The van der Waals surface area contributed by atoms with Crippen molar-refractivity contribution in [2.45, 2.75) is 0 Å². The number of nitrogens with zero attached hydrogens (tertiary/aromatic N) is 1. The number of amides is 1. The summed E-state index contributed by atoms with van der Waals surface area (Å²) in [4.78, 5) is 11.7. The molecule has 23 heavy (non-hydrogen) atoms. The summed E-state index contributed by atoms with van der Waals surface area (Å²) >= 11 is 2.23. The lowest BCUT2D eigenvalue weighted by Crippen LogP contribution is -2.25. The van der Waals surface area contributed by atoms with Gasteiger partial charge in [-0.2, -0.15) is 5.10 Å². The molecule has 2 N–H and O–H groups in total. The van der Waals surface area contributed by atoms with Crippen molar-refractivity contribution in [2.75, 3.05) is 18.7 Å². The first-order valence-corrected chi connectivity index (χ1v) is 7.99. The van der Waals surface area contributed by atoms with Gasteiger partial charge in [-0.15, -0.1) is 0 Å². The van der Waals surface area contributed by atoms with Crippen LogP contribution in [0.2, 0.25) is 0 Å². The predicted octanol–water partition coefficient (Wildman–Crippen LogP) is 2.58. The third-order valence-electron chi connectivity index (χ3n) is 3.10. The molecule has 0 radical (unpaired) electrons. The smallest absolute Gasteiger partial charge is 0.259 e. The maximum absolute atomic E-state index is 11.7. The van der Waals surface area contributed by atoms with E-state index in [2.05, 4.69) is 38.4 Å². The van der Waals surface area contributed by atoms with Gasteiger partial charge in [-0.05, 0) is 52.4 Å².